The first-order chi connectivity index (χ1) is 13.0. The van der Waals surface area contributed by atoms with Gasteiger partial charge in [-0.15, -0.1) is 11.3 Å². The van der Waals surface area contributed by atoms with E-state index < -0.39 is 12.2 Å². The number of thiazole rings is 1. The molecule has 0 saturated carbocycles. The number of aryl methyl sites for hydroxylation is 1. The van der Waals surface area contributed by atoms with Crippen molar-refractivity contribution in [3.8, 4) is 11.5 Å². The van der Waals surface area contributed by atoms with Crippen molar-refractivity contribution in [2.45, 2.75) is 32.5 Å². The van der Waals surface area contributed by atoms with E-state index in [1.807, 2.05) is 23.6 Å². The second-order valence-corrected chi connectivity index (χ2v) is 7.27. The number of rotatable bonds is 4. The Labute approximate surface area is 159 Å². The predicted molar refractivity (Wildman–Crippen MR) is 102 cm³/mol. The van der Waals surface area contributed by atoms with Crippen LogP contribution in [-0.2, 0) is 11.2 Å². The van der Waals surface area contributed by atoms with Crippen molar-refractivity contribution in [3.63, 3.8) is 0 Å². The fraction of sp³-hybridized carbons (Fsp3) is 0.316. The van der Waals surface area contributed by atoms with Crippen molar-refractivity contribution in [2.75, 3.05) is 6.54 Å². The minimum atomic E-state index is -0.717. The summed E-state index contributed by atoms with van der Waals surface area (Å²) >= 11 is 1.42. The second kappa shape index (κ2) is 7.03. The second-order valence-electron chi connectivity index (χ2n) is 6.43. The minimum absolute atomic E-state index is 0.102. The van der Waals surface area contributed by atoms with Crippen LogP contribution >= 0.6 is 11.3 Å². The summed E-state index contributed by atoms with van der Waals surface area (Å²) in [5.41, 5.74) is 1.42. The van der Waals surface area contributed by atoms with Crippen molar-refractivity contribution >= 4 is 22.2 Å². The lowest BCUT2D eigenvalue weighted by molar-refractivity contribution is -0.133. The third kappa shape index (κ3) is 3.40. The summed E-state index contributed by atoms with van der Waals surface area (Å²) in [6.07, 6.45) is -0.586. The first-order valence-corrected chi connectivity index (χ1v) is 9.58. The van der Waals surface area contributed by atoms with E-state index in [1.165, 1.54) is 17.4 Å². The monoisotopic (exact) mass is 385 g/mol. The molecule has 8 heteroatoms. The molecule has 27 heavy (non-hydrogen) atoms. The Hall–Kier alpha value is -2.87. The molecule has 1 N–H and O–H groups in total. The number of aromatic nitrogens is 2. The SMILES string of the molecule is Cc1cc(=O)n2c(CCNC(=O)C3Oc4ccccc4OC3C)csc2n1. The number of ether oxygens (including phenoxy) is 2. The van der Waals surface area contributed by atoms with Crippen LogP contribution in [0.3, 0.4) is 0 Å². The lowest BCUT2D eigenvalue weighted by Crippen LogP contribution is -2.49. The van der Waals surface area contributed by atoms with Gasteiger partial charge >= 0.3 is 0 Å². The molecular formula is C19H19N3O4S. The Morgan fingerprint density at radius 1 is 1.30 bits per heavy atom. The molecule has 1 amide bonds. The fourth-order valence-corrected chi connectivity index (χ4v) is 4.05. The van der Waals surface area contributed by atoms with Crippen molar-refractivity contribution in [3.05, 3.63) is 57.5 Å². The highest BCUT2D eigenvalue weighted by Gasteiger charge is 2.33. The molecule has 0 fully saturated rings. The number of para-hydroxylation sites is 2. The number of carbonyl (C=O) groups excluding carboxylic acids is 1. The Bertz CT molecular complexity index is 1060. The van der Waals surface area contributed by atoms with Gasteiger partial charge < -0.3 is 14.8 Å². The van der Waals surface area contributed by atoms with Gasteiger partial charge in [0.15, 0.2) is 16.5 Å². The van der Waals surface area contributed by atoms with Crippen LogP contribution in [0, 0.1) is 6.92 Å². The maximum absolute atomic E-state index is 12.5. The van der Waals surface area contributed by atoms with Crippen LogP contribution in [0.4, 0.5) is 0 Å². The minimum Gasteiger partial charge on any atom is -0.482 e. The van der Waals surface area contributed by atoms with Crippen molar-refractivity contribution in [1.82, 2.24) is 14.7 Å². The highest BCUT2D eigenvalue weighted by atomic mass is 32.1. The zero-order chi connectivity index (χ0) is 19.0. The van der Waals surface area contributed by atoms with Gasteiger partial charge in [-0.3, -0.25) is 14.0 Å². The molecule has 3 aromatic rings. The van der Waals surface area contributed by atoms with Gasteiger partial charge in [-0.2, -0.15) is 0 Å². The fourth-order valence-electron chi connectivity index (χ4n) is 3.08. The number of nitrogens with one attached hydrogen (secondary N) is 1. The van der Waals surface area contributed by atoms with E-state index in [9.17, 15) is 9.59 Å². The zero-order valence-corrected chi connectivity index (χ0v) is 15.8. The molecule has 7 nitrogen and oxygen atoms in total. The maximum Gasteiger partial charge on any atom is 0.265 e. The third-order valence-corrected chi connectivity index (χ3v) is 5.26. The van der Waals surface area contributed by atoms with E-state index in [1.54, 1.807) is 24.3 Å². The highest BCUT2D eigenvalue weighted by molar-refractivity contribution is 7.15. The van der Waals surface area contributed by atoms with Crippen LogP contribution in [0.25, 0.3) is 4.96 Å². The quantitative estimate of drug-likeness (QED) is 0.742. The van der Waals surface area contributed by atoms with Crippen LogP contribution in [0.2, 0.25) is 0 Å². The van der Waals surface area contributed by atoms with Gasteiger partial charge in [0.1, 0.15) is 6.10 Å². The van der Waals surface area contributed by atoms with Gasteiger partial charge in [0.2, 0.25) is 6.10 Å². The van der Waals surface area contributed by atoms with Gasteiger partial charge in [-0.25, -0.2) is 4.98 Å². The van der Waals surface area contributed by atoms with Gasteiger partial charge in [-0.05, 0) is 26.0 Å². The zero-order valence-electron chi connectivity index (χ0n) is 15.0. The molecule has 3 heterocycles. The van der Waals surface area contributed by atoms with Crippen LogP contribution in [-0.4, -0.2) is 34.0 Å². The molecule has 1 aliphatic heterocycles. The lowest BCUT2D eigenvalue weighted by atomic mass is 10.1. The molecule has 1 aliphatic rings. The highest BCUT2D eigenvalue weighted by Crippen LogP contribution is 2.33. The first kappa shape index (κ1) is 17.5. The number of hydrogen-bond acceptors (Lipinski definition) is 6. The molecule has 2 aromatic heterocycles. The molecule has 140 valence electrons. The maximum atomic E-state index is 12.5. The lowest BCUT2D eigenvalue weighted by Gasteiger charge is -2.31. The molecule has 2 atom stereocenters. The summed E-state index contributed by atoms with van der Waals surface area (Å²) in [6, 6.07) is 8.80. The number of benzene rings is 1. The van der Waals surface area contributed by atoms with E-state index in [2.05, 4.69) is 10.3 Å². The summed E-state index contributed by atoms with van der Waals surface area (Å²) in [5, 5.41) is 4.77. The number of amides is 1. The Balaban J connectivity index is 1.41. The van der Waals surface area contributed by atoms with Crippen LogP contribution in [0.15, 0.2) is 40.5 Å². The Morgan fingerprint density at radius 2 is 2.04 bits per heavy atom. The average molecular weight is 385 g/mol. The Morgan fingerprint density at radius 3 is 2.81 bits per heavy atom. The van der Waals surface area contributed by atoms with Crippen LogP contribution in [0.1, 0.15) is 18.3 Å². The van der Waals surface area contributed by atoms with Crippen LogP contribution < -0.4 is 20.3 Å². The summed E-state index contributed by atoms with van der Waals surface area (Å²) in [6.45, 7) is 3.99. The predicted octanol–water partition coefficient (Wildman–Crippen LogP) is 1.95. The van der Waals surface area contributed by atoms with Gasteiger partial charge in [-0.1, -0.05) is 12.1 Å². The Kier molecular flexibility index (Phi) is 4.57. The molecule has 0 aliphatic carbocycles. The largest absolute Gasteiger partial charge is 0.482 e. The molecule has 0 spiro atoms. The summed E-state index contributed by atoms with van der Waals surface area (Å²) in [5.74, 6) is 0.964. The van der Waals surface area contributed by atoms with E-state index in [0.717, 1.165) is 5.69 Å². The summed E-state index contributed by atoms with van der Waals surface area (Å²) < 4.78 is 13.1. The van der Waals surface area contributed by atoms with Crippen molar-refractivity contribution in [1.29, 1.82) is 0 Å². The smallest absolute Gasteiger partial charge is 0.265 e. The molecule has 1 aromatic carbocycles. The van der Waals surface area contributed by atoms with E-state index in [-0.39, 0.29) is 11.5 Å². The molecule has 0 saturated heterocycles. The number of fused-ring (bicyclic) bond motifs is 2. The first-order valence-electron chi connectivity index (χ1n) is 8.70. The van der Waals surface area contributed by atoms with Gasteiger partial charge in [0, 0.05) is 35.8 Å². The van der Waals surface area contributed by atoms with E-state index in [0.29, 0.717) is 35.1 Å². The molecule has 4 rings (SSSR count). The van der Waals surface area contributed by atoms with Crippen LogP contribution in [0.5, 0.6) is 11.5 Å². The topological polar surface area (TPSA) is 81.9 Å². The third-order valence-electron chi connectivity index (χ3n) is 4.38. The van der Waals surface area contributed by atoms with Gasteiger partial charge in [0.05, 0.1) is 0 Å². The van der Waals surface area contributed by atoms with E-state index in [4.69, 9.17) is 9.47 Å². The van der Waals surface area contributed by atoms with Crippen molar-refractivity contribution in [2.24, 2.45) is 0 Å². The summed E-state index contributed by atoms with van der Waals surface area (Å²) in [4.78, 5) is 29.7. The molecule has 0 radical (unpaired) electrons. The number of hydrogen-bond donors (Lipinski definition) is 1. The normalized spacial score (nSPS) is 18.4. The molecule has 2 unspecified atom stereocenters. The standard InChI is InChI=1S/C19H19N3O4S/c1-11-9-16(23)22-13(10-27-19(22)21-11)7-8-20-18(24)17-12(2)25-14-5-3-4-6-15(14)26-17/h3-6,9-10,12,17H,7-8H2,1-2H3,(H,20,24). The number of carbonyl (C=O) groups is 1. The molecule has 0 bridgehead atoms. The van der Waals surface area contributed by atoms with Crippen molar-refractivity contribution < 1.29 is 14.3 Å². The van der Waals surface area contributed by atoms with Gasteiger partial charge in [0.25, 0.3) is 11.5 Å². The molecular weight excluding hydrogens is 366 g/mol. The average Bonchev–Trinajstić information content (AvgIpc) is 3.04. The number of nitrogens with zero attached hydrogens (tertiary/aromatic N) is 2. The van der Waals surface area contributed by atoms with E-state index >= 15 is 0 Å². The summed E-state index contributed by atoms with van der Waals surface area (Å²) in [7, 11) is 0.